The van der Waals surface area contributed by atoms with Gasteiger partial charge in [0, 0.05) is 18.8 Å². The maximum absolute atomic E-state index is 12.2. The molecule has 2 aromatic heterocycles. The van der Waals surface area contributed by atoms with Gasteiger partial charge in [-0.15, -0.1) is 0 Å². The Balaban J connectivity index is 1.56. The number of nitrogens with zero attached hydrogens (tertiary/aromatic N) is 4. The predicted molar refractivity (Wildman–Crippen MR) is 99.7 cm³/mol. The minimum atomic E-state index is -1.19. The van der Waals surface area contributed by atoms with E-state index in [1.54, 1.807) is 24.7 Å². The second-order valence-corrected chi connectivity index (χ2v) is 6.71. The van der Waals surface area contributed by atoms with E-state index in [0.717, 1.165) is 11.3 Å². The van der Waals surface area contributed by atoms with Crippen LogP contribution in [0.25, 0.3) is 5.69 Å². The van der Waals surface area contributed by atoms with Crippen molar-refractivity contribution in [3.05, 3.63) is 60.7 Å². The van der Waals surface area contributed by atoms with Gasteiger partial charge in [-0.3, -0.25) is 9.48 Å². The Bertz CT molecular complexity index is 943. The molecule has 0 fully saturated rings. The number of aliphatic carboxylic acids is 1. The van der Waals surface area contributed by atoms with Crippen molar-refractivity contribution >= 4 is 17.6 Å². The van der Waals surface area contributed by atoms with E-state index in [1.807, 2.05) is 36.5 Å². The third-order valence-electron chi connectivity index (χ3n) is 4.26. The molecule has 0 unspecified atom stereocenters. The van der Waals surface area contributed by atoms with Gasteiger partial charge < -0.3 is 10.4 Å². The molecule has 8 heteroatoms. The lowest BCUT2D eigenvalue weighted by Gasteiger charge is -2.19. The number of anilines is 1. The average Bonchev–Trinajstić information content (AvgIpc) is 3.30. The largest absolute Gasteiger partial charge is 0.479 e. The monoisotopic (exact) mass is 367 g/mol. The molecule has 0 bridgehead atoms. The van der Waals surface area contributed by atoms with E-state index in [4.69, 9.17) is 0 Å². The molecular weight excluding hydrogens is 346 g/mol. The van der Waals surface area contributed by atoms with E-state index in [9.17, 15) is 14.7 Å². The maximum Gasteiger partial charge on any atom is 0.331 e. The van der Waals surface area contributed by atoms with E-state index in [2.05, 4.69) is 15.5 Å². The van der Waals surface area contributed by atoms with Gasteiger partial charge >= 0.3 is 5.97 Å². The Labute approximate surface area is 156 Å². The van der Waals surface area contributed by atoms with Crippen LogP contribution in [0, 0.1) is 0 Å². The van der Waals surface area contributed by atoms with Crippen molar-refractivity contribution in [1.82, 2.24) is 19.6 Å². The number of carbonyl (C=O) groups excluding carboxylic acids is 1. The fourth-order valence-corrected chi connectivity index (χ4v) is 2.48. The van der Waals surface area contributed by atoms with Crippen molar-refractivity contribution in [1.29, 1.82) is 0 Å². The highest BCUT2D eigenvalue weighted by atomic mass is 16.4. The number of para-hydroxylation sites is 1. The Morgan fingerprint density at radius 3 is 2.56 bits per heavy atom. The van der Waals surface area contributed by atoms with Crippen LogP contribution in [0.1, 0.15) is 25.8 Å². The molecular formula is C19H21N5O3. The molecule has 3 aromatic rings. The Morgan fingerprint density at radius 2 is 1.85 bits per heavy atom. The highest BCUT2D eigenvalue weighted by Crippen LogP contribution is 2.17. The molecule has 1 amide bonds. The number of hydrogen-bond acceptors (Lipinski definition) is 4. The first kappa shape index (κ1) is 18.4. The van der Waals surface area contributed by atoms with Gasteiger partial charge in [0.1, 0.15) is 0 Å². The molecule has 8 nitrogen and oxygen atoms in total. The third-order valence-corrected chi connectivity index (χ3v) is 4.26. The van der Waals surface area contributed by atoms with Crippen LogP contribution in [-0.2, 0) is 21.5 Å². The highest BCUT2D eigenvalue weighted by Gasteiger charge is 2.30. The zero-order valence-electron chi connectivity index (χ0n) is 15.2. The third kappa shape index (κ3) is 4.22. The number of hydrogen-bond donors (Lipinski definition) is 2. The summed E-state index contributed by atoms with van der Waals surface area (Å²) in [5.41, 5.74) is 1.20. The fourth-order valence-electron chi connectivity index (χ4n) is 2.48. The molecule has 0 saturated carbocycles. The second-order valence-electron chi connectivity index (χ2n) is 6.71. The maximum atomic E-state index is 12.2. The molecule has 27 heavy (non-hydrogen) atoms. The van der Waals surface area contributed by atoms with Crippen molar-refractivity contribution < 1.29 is 14.7 Å². The summed E-state index contributed by atoms with van der Waals surface area (Å²) in [5, 5.41) is 20.3. The van der Waals surface area contributed by atoms with E-state index >= 15 is 0 Å². The lowest BCUT2D eigenvalue weighted by atomic mass is 10.1. The van der Waals surface area contributed by atoms with Crippen LogP contribution < -0.4 is 5.32 Å². The molecule has 140 valence electrons. The lowest BCUT2D eigenvalue weighted by molar-refractivity contribution is -0.146. The van der Waals surface area contributed by atoms with Crippen LogP contribution in [0.5, 0.6) is 0 Å². The van der Waals surface area contributed by atoms with Crippen molar-refractivity contribution in [2.24, 2.45) is 0 Å². The molecule has 0 atom stereocenters. The number of carbonyl (C=O) groups is 2. The first-order valence-electron chi connectivity index (χ1n) is 8.53. The molecule has 0 aliphatic heterocycles. The molecule has 2 N–H and O–H groups in total. The van der Waals surface area contributed by atoms with Crippen LogP contribution in [0.4, 0.5) is 5.69 Å². The Hall–Kier alpha value is -3.42. The van der Waals surface area contributed by atoms with E-state index in [0.29, 0.717) is 12.1 Å². The first-order valence-corrected chi connectivity index (χ1v) is 8.53. The highest BCUT2D eigenvalue weighted by molar-refractivity contribution is 5.90. The second kappa shape index (κ2) is 7.45. The van der Waals surface area contributed by atoms with Crippen molar-refractivity contribution in [2.45, 2.75) is 32.2 Å². The Morgan fingerprint density at radius 1 is 1.11 bits per heavy atom. The van der Waals surface area contributed by atoms with E-state index in [-0.39, 0.29) is 12.3 Å². The van der Waals surface area contributed by atoms with Crippen LogP contribution in [-0.4, -0.2) is 36.5 Å². The first-order chi connectivity index (χ1) is 12.9. The molecule has 1 aromatic carbocycles. The minimum absolute atomic E-state index is 0.171. The van der Waals surface area contributed by atoms with Gasteiger partial charge in [-0.2, -0.15) is 10.2 Å². The summed E-state index contributed by atoms with van der Waals surface area (Å²) in [5.74, 6) is -1.17. The predicted octanol–water partition coefficient (Wildman–Crippen LogP) is 2.46. The van der Waals surface area contributed by atoms with Gasteiger partial charge in [-0.25, -0.2) is 9.48 Å². The van der Waals surface area contributed by atoms with Gasteiger partial charge in [0.25, 0.3) is 0 Å². The van der Waals surface area contributed by atoms with Gasteiger partial charge in [0.05, 0.1) is 23.8 Å². The number of benzene rings is 1. The van der Waals surface area contributed by atoms with Gasteiger partial charge in [0.2, 0.25) is 5.91 Å². The van der Waals surface area contributed by atoms with E-state index in [1.165, 1.54) is 17.1 Å². The zero-order valence-corrected chi connectivity index (χ0v) is 15.2. The topological polar surface area (TPSA) is 102 Å². The summed E-state index contributed by atoms with van der Waals surface area (Å²) < 4.78 is 3.08. The van der Waals surface area contributed by atoms with Gasteiger partial charge in [0.15, 0.2) is 5.54 Å². The van der Waals surface area contributed by atoms with Crippen molar-refractivity contribution in [2.75, 3.05) is 5.32 Å². The number of carboxylic acids is 1. The van der Waals surface area contributed by atoms with Crippen molar-refractivity contribution in [3.63, 3.8) is 0 Å². The molecule has 0 saturated heterocycles. The summed E-state index contributed by atoms with van der Waals surface area (Å²) in [6.45, 7) is 3.08. The number of amides is 1. The number of carboxylic acid groups (broad SMARTS) is 1. The quantitative estimate of drug-likeness (QED) is 0.668. The van der Waals surface area contributed by atoms with E-state index < -0.39 is 11.5 Å². The lowest BCUT2D eigenvalue weighted by Crippen LogP contribution is -2.35. The fraction of sp³-hybridized carbons (Fsp3) is 0.263. The molecule has 0 radical (unpaired) electrons. The summed E-state index contributed by atoms with van der Waals surface area (Å²) in [6, 6.07) is 9.74. The summed E-state index contributed by atoms with van der Waals surface area (Å²) in [6.07, 6.45) is 7.43. The number of aryl methyl sites for hydroxylation is 1. The smallest absolute Gasteiger partial charge is 0.331 e. The molecule has 0 aliphatic rings. The Kier molecular flexibility index (Phi) is 5.07. The van der Waals surface area contributed by atoms with Crippen LogP contribution in [0.3, 0.4) is 0 Å². The number of nitrogens with one attached hydrogen (secondary N) is 1. The SMILES string of the molecule is CC(C)(C(=O)O)n1cc(NC(=O)CCc2cnn(-c3ccccc3)c2)cn1. The van der Waals surface area contributed by atoms with Gasteiger partial charge in [-0.1, -0.05) is 18.2 Å². The molecule has 0 spiro atoms. The van der Waals surface area contributed by atoms with Crippen molar-refractivity contribution in [3.8, 4) is 5.69 Å². The van der Waals surface area contributed by atoms with Gasteiger partial charge in [-0.05, 0) is 38.0 Å². The van der Waals surface area contributed by atoms with Crippen LogP contribution in [0.2, 0.25) is 0 Å². The zero-order chi connectivity index (χ0) is 19.4. The average molecular weight is 367 g/mol. The summed E-state index contributed by atoms with van der Waals surface area (Å²) in [4.78, 5) is 23.4. The van der Waals surface area contributed by atoms with Crippen LogP contribution >= 0.6 is 0 Å². The molecule has 0 aliphatic carbocycles. The normalized spacial score (nSPS) is 11.3. The van der Waals surface area contributed by atoms with Crippen LogP contribution in [0.15, 0.2) is 55.1 Å². The minimum Gasteiger partial charge on any atom is -0.479 e. The summed E-state index contributed by atoms with van der Waals surface area (Å²) >= 11 is 0. The standard InChI is InChI=1S/C19H21N5O3/c1-19(2,18(26)27)24-13-15(11-21-24)22-17(25)9-8-14-10-20-23(12-14)16-6-4-3-5-7-16/h3-7,10-13H,8-9H2,1-2H3,(H,22,25)(H,26,27). The number of rotatable bonds is 7. The molecule has 2 heterocycles. The summed E-state index contributed by atoms with van der Waals surface area (Å²) in [7, 11) is 0. The molecule has 3 rings (SSSR count). The number of aromatic nitrogens is 4.